The molecule has 1 saturated heterocycles. The van der Waals surface area contributed by atoms with Crippen molar-refractivity contribution in [2.45, 2.75) is 57.9 Å². The van der Waals surface area contributed by atoms with Gasteiger partial charge in [-0.3, -0.25) is 4.98 Å². The molecule has 0 unspecified atom stereocenters. The van der Waals surface area contributed by atoms with Crippen molar-refractivity contribution in [2.24, 2.45) is 0 Å². The van der Waals surface area contributed by atoms with Gasteiger partial charge < -0.3 is 14.7 Å². The van der Waals surface area contributed by atoms with Crippen molar-refractivity contribution >= 4 is 6.09 Å². The maximum atomic E-state index is 15.0. The van der Waals surface area contributed by atoms with Crippen molar-refractivity contribution < 1.29 is 19.0 Å². The average Bonchev–Trinajstić information content (AvgIpc) is 2.46. The Balaban J connectivity index is 1.90. The van der Waals surface area contributed by atoms with E-state index in [1.807, 2.05) is 20.8 Å². The zero-order valence-electron chi connectivity index (χ0n) is 14.0. The van der Waals surface area contributed by atoms with E-state index in [1.54, 1.807) is 23.2 Å². The van der Waals surface area contributed by atoms with E-state index < -0.39 is 11.3 Å². The van der Waals surface area contributed by atoms with Crippen molar-refractivity contribution in [1.82, 2.24) is 9.88 Å². The number of halogens is 1. The number of rotatable bonds is 3. The van der Waals surface area contributed by atoms with Gasteiger partial charge in [-0.25, -0.2) is 9.18 Å². The molecule has 1 aliphatic heterocycles. The minimum absolute atomic E-state index is 0.119. The Labute approximate surface area is 136 Å². The molecule has 1 amide bonds. The monoisotopic (exact) mass is 324 g/mol. The molecule has 2 rings (SSSR count). The molecule has 0 bridgehead atoms. The Hall–Kier alpha value is -1.69. The average molecular weight is 324 g/mol. The first kappa shape index (κ1) is 17.7. The van der Waals surface area contributed by atoms with E-state index in [4.69, 9.17) is 9.84 Å². The van der Waals surface area contributed by atoms with Gasteiger partial charge in [-0.05, 0) is 45.2 Å². The molecule has 1 aromatic rings. The number of amides is 1. The van der Waals surface area contributed by atoms with Crippen LogP contribution in [0.2, 0.25) is 0 Å². The fourth-order valence-electron chi connectivity index (χ4n) is 2.61. The van der Waals surface area contributed by atoms with Crippen LogP contribution >= 0.6 is 0 Å². The first-order valence-electron chi connectivity index (χ1n) is 7.92. The molecular formula is C17H25FN2O3. The predicted molar refractivity (Wildman–Crippen MR) is 84.7 cm³/mol. The number of alkyl halides is 1. The fraction of sp³-hybridized carbons (Fsp3) is 0.647. The smallest absolute Gasteiger partial charge is 0.410 e. The van der Waals surface area contributed by atoms with E-state index in [0.29, 0.717) is 18.8 Å². The van der Waals surface area contributed by atoms with Crippen molar-refractivity contribution in [2.75, 3.05) is 13.1 Å². The zero-order valence-corrected chi connectivity index (χ0v) is 14.0. The van der Waals surface area contributed by atoms with Gasteiger partial charge in [0, 0.05) is 25.7 Å². The molecule has 2 heterocycles. The maximum absolute atomic E-state index is 15.0. The molecule has 128 valence electrons. The first-order chi connectivity index (χ1) is 10.7. The second-order valence-electron chi connectivity index (χ2n) is 7.11. The van der Waals surface area contributed by atoms with Gasteiger partial charge in [-0.2, -0.15) is 0 Å². The fourth-order valence-corrected chi connectivity index (χ4v) is 2.61. The normalized spacial score (nSPS) is 17.9. The van der Waals surface area contributed by atoms with Crippen molar-refractivity contribution in [1.29, 1.82) is 0 Å². The van der Waals surface area contributed by atoms with E-state index in [1.165, 1.54) is 0 Å². The van der Waals surface area contributed by atoms with Crippen LogP contribution in [0.15, 0.2) is 18.3 Å². The number of ether oxygens (including phenoxy) is 1. The molecular weight excluding hydrogens is 299 g/mol. The highest BCUT2D eigenvalue weighted by molar-refractivity contribution is 5.68. The van der Waals surface area contributed by atoms with Gasteiger partial charge >= 0.3 is 6.09 Å². The number of hydrogen-bond donors (Lipinski definition) is 1. The summed E-state index contributed by atoms with van der Waals surface area (Å²) in [4.78, 5) is 17.6. The molecule has 1 N–H and O–H groups in total. The van der Waals surface area contributed by atoms with Crippen LogP contribution in [0.3, 0.4) is 0 Å². The Morgan fingerprint density at radius 3 is 2.52 bits per heavy atom. The molecule has 23 heavy (non-hydrogen) atoms. The third kappa shape index (κ3) is 5.16. The summed E-state index contributed by atoms with van der Waals surface area (Å²) in [7, 11) is 0. The molecule has 6 heteroatoms. The van der Waals surface area contributed by atoms with Crippen LogP contribution in [0.25, 0.3) is 0 Å². The van der Waals surface area contributed by atoms with Crippen molar-refractivity contribution in [3.8, 4) is 0 Å². The number of hydrogen-bond acceptors (Lipinski definition) is 4. The van der Waals surface area contributed by atoms with Crippen LogP contribution in [0.5, 0.6) is 0 Å². The van der Waals surface area contributed by atoms with Gasteiger partial charge in [0.2, 0.25) is 0 Å². The number of likely N-dealkylation sites (tertiary alicyclic amines) is 1. The molecule has 1 fully saturated rings. The van der Waals surface area contributed by atoms with Gasteiger partial charge in [-0.15, -0.1) is 0 Å². The van der Waals surface area contributed by atoms with Crippen LogP contribution in [0.1, 0.15) is 44.9 Å². The van der Waals surface area contributed by atoms with Crippen molar-refractivity contribution in [3.05, 3.63) is 29.6 Å². The summed E-state index contributed by atoms with van der Waals surface area (Å²) in [6.45, 7) is 6.04. The summed E-state index contributed by atoms with van der Waals surface area (Å²) in [6, 6.07) is 3.49. The SMILES string of the molecule is CC(C)(C)OC(=O)N1CCC(F)(Cc2ccc(CO)nc2)CC1. The summed E-state index contributed by atoms with van der Waals surface area (Å²) in [6.07, 6.45) is 2.07. The van der Waals surface area contributed by atoms with Crippen LogP contribution in [-0.2, 0) is 17.8 Å². The largest absolute Gasteiger partial charge is 0.444 e. The van der Waals surface area contributed by atoms with Crippen LogP contribution in [-0.4, -0.2) is 45.4 Å². The third-order valence-electron chi connectivity index (χ3n) is 3.88. The van der Waals surface area contributed by atoms with E-state index in [2.05, 4.69) is 4.98 Å². The maximum Gasteiger partial charge on any atom is 0.410 e. The first-order valence-corrected chi connectivity index (χ1v) is 7.92. The van der Waals surface area contributed by atoms with Gasteiger partial charge in [0.1, 0.15) is 11.3 Å². The third-order valence-corrected chi connectivity index (χ3v) is 3.88. The molecule has 0 spiro atoms. The number of aromatic nitrogens is 1. The second-order valence-corrected chi connectivity index (χ2v) is 7.11. The Morgan fingerprint density at radius 2 is 2.04 bits per heavy atom. The number of aliphatic hydroxyl groups is 1. The predicted octanol–water partition coefficient (Wildman–Crippen LogP) is 2.86. The highest BCUT2D eigenvalue weighted by Gasteiger charge is 2.37. The summed E-state index contributed by atoms with van der Waals surface area (Å²) >= 11 is 0. The van der Waals surface area contributed by atoms with Crippen molar-refractivity contribution in [3.63, 3.8) is 0 Å². The van der Waals surface area contributed by atoms with E-state index in [0.717, 1.165) is 5.56 Å². The van der Waals surface area contributed by atoms with E-state index >= 15 is 0 Å². The lowest BCUT2D eigenvalue weighted by Gasteiger charge is -2.37. The molecule has 1 aliphatic rings. The summed E-state index contributed by atoms with van der Waals surface area (Å²) < 4.78 is 20.3. The minimum atomic E-state index is -1.33. The standard InChI is InChI=1S/C17H25FN2O3/c1-16(2,3)23-15(22)20-8-6-17(18,7-9-20)10-13-4-5-14(12-21)19-11-13/h4-5,11,21H,6-10,12H2,1-3H3. The van der Waals surface area contributed by atoms with Crippen LogP contribution in [0.4, 0.5) is 9.18 Å². The molecule has 0 saturated carbocycles. The lowest BCUT2D eigenvalue weighted by Crippen LogP contribution is -2.47. The number of carbonyl (C=O) groups is 1. The Kier molecular flexibility index (Phi) is 5.24. The Morgan fingerprint density at radius 1 is 1.39 bits per heavy atom. The second kappa shape index (κ2) is 6.83. The van der Waals surface area contributed by atoms with Gasteiger partial charge in [0.25, 0.3) is 0 Å². The lowest BCUT2D eigenvalue weighted by molar-refractivity contribution is 0.00338. The van der Waals surface area contributed by atoms with Gasteiger partial charge in [0.15, 0.2) is 0 Å². The highest BCUT2D eigenvalue weighted by Crippen LogP contribution is 2.31. The number of aliphatic hydroxyl groups excluding tert-OH is 1. The molecule has 0 atom stereocenters. The number of nitrogens with zero attached hydrogens (tertiary/aromatic N) is 2. The topological polar surface area (TPSA) is 62.7 Å². The van der Waals surface area contributed by atoms with Gasteiger partial charge in [-0.1, -0.05) is 6.07 Å². The molecule has 1 aromatic heterocycles. The number of carbonyl (C=O) groups excluding carboxylic acids is 1. The molecule has 5 nitrogen and oxygen atoms in total. The molecule has 0 aromatic carbocycles. The number of pyridine rings is 1. The lowest BCUT2D eigenvalue weighted by atomic mass is 9.87. The summed E-state index contributed by atoms with van der Waals surface area (Å²) in [5, 5.41) is 8.98. The number of piperidine rings is 1. The van der Waals surface area contributed by atoms with E-state index in [-0.39, 0.29) is 32.0 Å². The highest BCUT2D eigenvalue weighted by atomic mass is 19.1. The minimum Gasteiger partial charge on any atom is -0.444 e. The van der Waals surface area contributed by atoms with E-state index in [9.17, 15) is 9.18 Å². The summed E-state index contributed by atoms with van der Waals surface area (Å²) in [5.41, 5.74) is -0.501. The van der Waals surface area contributed by atoms with Gasteiger partial charge in [0.05, 0.1) is 12.3 Å². The Bertz CT molecular complexity index is 532. The molecule has 0 radical (unpaired) electrons. The van der Waals surface area contributed by atoms with Crippen LogP contribution in [0, 0.1) is 0 Å². The van der Waals surface area contributed by atoms with Crippen LogP contribution < -0.4 is 0 Å². The molecule has 0 aliphatic carbocycles. The summed E-state index contributed by atoms with van der Waals surface area (Å²) in [5.74, 6) is 0. The zero-order chi connectivity index (χ0) is 17.1. The quantitative estimate of drug-likeness (QED) is 0.928.